The molecule has 1 unspecified atom stereocenters. The molecule has 0 bridgehead atoms. The van der Waals surface area contributed by atoms with E-state index in [2.05, 4.69) is 23.5 Å². The van der Waals surface area contributed by atoms with Gasteiger partial charge in [-0.15, -0.1) is 6.42 Å². The van der Waals surface area contributed by atoms with Crippen LogP contribution in [0.2, 0.25) is 0 Å². The van der Waals surface area contributed by atoms with E-state index in [9.17, 15) is 9.90 Å². The van der Waals surface area contributed by atoms with Crippen molar-refractivity contribution in [3.8, 4) is 12.3 Å². The molecular formula is C15H26N2O2. The summed E-state index contributed by atoms with van der Waals surface area (Å²) >= 11 is 0. The van der Waals surface area contributed by atoms with Gasteiger partial charge in [0.05, 0.1) is 18.2 Å². The minimum Gasteiger partial charge on any atom is -0.389 e. The van der Waals surface area contributed by atoms with Gasteiger partial charge in [0.25, 0.3) is 0 Å². The molecule has 3 N–H and O–H groups in total. The lowest BCUT2D eigenvalue weighted by atomic mass is 9.78. The van der Waals surface area contributed by atoms with Crippen LogP contribution in [0.3, 0.4) is 0 Å². The molecule has 4 nitrogen and oxygen atoms in total. The van der Waals surface area contributed by atoms with Crippen molar-refractivity contribution in [2.45, 2.75) is 57.6 Å². The van der Waals surface area contributed by atoms with Crippen LogP contribution in [-0.4, -0.2) is 35.7 Å². The van der Waals surface area contributed by atoms with Crippen LogP contribution in [0.15, 0.2) is 0 Å². The van der Waals surface area contributed by atoms with E-state index in [1.165, 1.54) is 6.42 Å². The quantitative estimate of drug-likeness (QED) is 0.630. The predicted octanol–water partition coefficient (Wildman–Crippen LogP) is 1.05. The SMILES string of the molecule is C#CCNC(=O)C(C)NCC1(O)CCC(CC)CC1. The first-order valence-corrected chi connectivity index (χ1v) is 7.17. The fraction of sp³-hybridized carbons (Fsp3) is 0.800. The van der Waals surface area contributed by atoms with Crippen LogP contribution in [0, 0.1) is 18.3 Å². The molecule has 1 saturated carbocycles. The number of terminal acetylenes is 1. The second-order valence-electron chi connectivity index (χ2n) is 5.60. The van der Waals surface area contributed by atoms with Crippen molar-refractivity contribution in [3.05, 3.63) is 0 Å². The first-order valence-electron chi connectivity index (χ1n) is 7.17. The van der Waals surface area contributed by atoms with Crippen molar-refractivity contribution in [1.82, 2.24) is 10.6 Å². The van der Waals surface area contributed by atoms with Crippen LogP contribution in [0.1, 0.15) is 46.0 Å². The molecule has 0 aromatic rings. The zero-order valence-electron chi connectivity index (χ0n) is 12.0. The second-order valence-corrected chi connectivity index (χ2v) is 5.60. The number of aliphatic hydroxyl groups is 1. The van der Waals surface area contributed by atoms with E-state index in [4.69, 9.17) is 6.42 Å². The van der Waals surface area contributed by atoms with Crippen LogP contribution in [0.25, 0.3) is 0 Å². The summed E-state index contributed by atoms with van der Waals surface area (Å²) in [6, 6.07) is -0.332. The Kier molecular flexibility index (Phi) is 6.33. The zero-order chi connectivity index (χ0) is 14.3. The molecule has 1 fully saturated rings. The molecule has 19 heavy (non-hydrogen) atoms. The maximum Gasteiger partial charge on any atom is 0.237 e. The zero-order valence-corrected chi connectivity index (χ0v) is 12.0. The monoisotopic (exact) mass is 266 g/mol. The van der Waals surface area contributed by atoms with Gasteiger partial charge in [-0.25, -0.2) is 0 Å². The molecule has 0 radical (unpaired) electrons. The van der Waals surface area contributed by atoms with E-state index in [0.717, 1.165) is 31.6 Å². The number of carbonyl (C=O) groups is 1. The highest BCUT2D eigenvalue weighted by Gasteiger charge is 2.33. The Morgan fingerprint density at radius 1 is 1.53 bits per heavy atom. The standard InChI is InChI=1S/C15H26N2O2/c1-4-10-16-14(18)12(3)17-11-15(19)8-6-13(5-2)7-9-15/h1,12-13,17,19H,5-11H2,2-3H3,(H,16,18). The van der Waals surface area contributed by atoms with Crippen LogP contribution in [-0.2, 0) is 4.79 Å². The fourth-order valence-electron chi connectivity index (χ4n) is 2.53. The van der Waals surface area contributed by atoms with Gasteiger partial charge in [-0.1, -0.05) is 19.3 Å². The third kappa shape index (κ3) is 5.22. The van der Waals surface area contributed by atoms with E-state index in [1.807, 2.05) is 0 Å². The molecule has 0 aliphatic heterocycles. The number of nitrogens with one attached hydrogen (secondary N) is 2. The molecule has 0 heterocycles. The summed E-state index contributed by atoms with van der Waals surface area (Å²) in [5, 5.41) is 16.2. The summed E-state index contributed by atoms with van der Waals surface area (Å²) in [6.45, 7) is 4.69. The Morgan fingerprint density at radius 3 is 2.68 bits per heavy atom. The average Bonchev–Trinajstić information content (AvgIpc) is 2.43. The maximum absolute atomic E-state index is 11.6. The summed E-state index contributed by atoms with van der Waals surface area (Å²) in [4.78, 5) is 11.6. The Balaban J connectivity index is 2.31. The Labute approximate surface area is 116 Å². The van der Waals surface area contributed by atoms with E-state index >= 15 is 0 Å². The average molecular weight is 266 g/mol. The summed E-state index contributed by atoms with van der Waals surface area (Å²) in [7, 11) is 0. The summed E-state index contributed by atoms with van der Waals surface area (Å²) < 4.78 is 0. The van der Waals surface area contributed by atoms with Crippen molar-refractivity contribution < 1.29 is 9.90 Å². The van der Waals surface area contributed by atoms with E-state index in [1.54, 1.807) is 6.92 Å². The van der Waals surface area contributed by atoms with Crippen molar-refractivity contribution in [1.29, 1.82) is 0 Å². The van der Waals surface area contributed by atoms with E-state index in [-0.39, 0.29) is 18.5 Å². The lowest BCUT2D eigenvalue weighted by molar-refractivity contribution is -0.122. The summed E-state index contributed by atoms with van der Waals surface area (Å²) in [5.74, 6) is 2.99. The number of rotatable bonds is 6. The molecule has 1 rings (SSSR count). The number of amides is 1. The van der Waals surface area contributed by atoms with Gasteiger partial charge in [0.2, 0.25) is 5.91 Å². The van der Waals surface area contributed by atoms with Gasteiger partial charge < -0.3 is 15.7 Å². The number of hydrogen-bond donors (Lipinski definition) is 3. The molecule has 0 saturated heterocycles. The van der Waals surface area contributed by atoms with Crippen LogP contribution in [0.4, 0.5) is 0 Å². The number of carbonyl (C=O) groups excluding carboxylic acids is 1. The van der Waals surface area contributed by atoms with Crippen molar-refractivity contribution in [2.24, 2.45) is 5.92 Å². The molecule has 108 valence electrons. The summed E-state index contributed by atoms with van der Waals surface area (Å²) in [6.07, 6.45) is 10.1. The highest BCUT2D eigenvalue weighted by Crippen LogP contribution is 2.33. The first kappa shape index (κ1) is 16.0. The molecule has 0 aromatic carbocycles. The third-order valence-electron chi connectivity index (χ3n) is 4.11. The highest BCUT2D eigenvalue weighted by molar-refractivity contribution is 5.81. The van der Waals surface area contributed by atoms with Gasteiger partial charge in [0, 0.05) is 6.54 Å². The van der Waals surface area contributed by atoms with Gasteiger partial charge in [0.1, 0.15) is 0 Å². The topological polar surface area (TPSA) is 61.4 Å². The van der Waals surface area contributed by atoms with Gasteiger partial charge in [-0.2, -0.15) is 0 Å². The highest BCUT2D eigenvalue weighted by atomic mass is 16.3. The molecule has 0 spiro atoms. The molecule has 4 heteroatoms. The van der Waals surface area contributed by atoms with Gasteiger partial charge in [0.15, 0.2) is 0 Å². The van der Waals surface area contributed by atoms with Crippen LogP contribution >= 0.6 is 0 Å². The Bertz CT molecular complexity index is 328. The van der Waals surface area contributed by atoms with Crippen molar-refractivity contribution in [2.75, 3.05) is 13.1 Å². The van der Waals surface area contributed by atoms with Gasteiger partial charge in [-0.3, -0.25) is 4.79 Å². The van der Waals surface area contributed by atoms with Crippen LogP contribution < -0.4 is 10.6 Å². The van der Waals surface area contributed by atoms with Gasteiger partial charge >= 0.3 is 0 Å². The molecular weight excluding hydrogens is 240 g/mol. The predicted molar refractivity (Wildman–Crippen MR) is 76.5 cm³/mol. The van der Waals surface area contributed by atoms with Crippen molar-refractivity contribution >= 4 is 5.91 Å². The third-order valence-corrected chi connectivity index (χ3v) is 4.11. The largest absolute Gasteiger partial charge is 0.389 e. The smallest absolute Gasteiger partial charge is 0.237 e. The van der Waals surface area contributed by atoms with Crippen molar-refractivity contribution in [3.63, 3.8) is 0 Å². The molecule has 1 aliphatic carbocycles. The Hall–Kier alpha value is -1.05. The molecule has 1 aliphatic rings. The van der Waals surface area contributed by atoms with E-state index < -0.39 is 5.60 Å². The lowest BCUT2D eigenvalue weighted by Gasteiger charge is -2.36. The normalized spacial score (nSPS) is 28.4. The Morgan fingerprint density at radius 2 is 2.16 bits per heavy atom. The second kappa shape index (κ2) is 7.52. The summed E-state index contributed by atoms with van der Waals surface area (Å²) in [5.41, 5.74) is -0.660. The molecule has 1 atom stereocenters. The minimum atomic E-state index is -0.660. The fourth-order valence-corrected chi connectivity index (χ4v) is 2.53. The minimum absolute atomic E-state index is 0.121. The van der Waals surface area contributed by atoms with E-state index in [0.29, 0.717) is 6.54 Å². The van der Waals surface area contributed by atoms with Crippen LogP contribution in [0.5, 0.6) is 0 Å². The lowest BCUT2D eigenvalue weighted by Crippen LogP contribution is -2.50. The first-order chi connectivity index (χ1) is 9.00. The number of hydrogen-bond acceptors (Lipinski definition) is 3. The van der Waals surface area contributed by atoms with Gasteiger partial charge in [-0.05, 0) is 38.5 Å². The molecule has 0 aromatic heterocycles. The maximum atomic E-state index is 11.6. The molecule has 1 amide bonds.